The van der Waals surface area contributed by atoms with Gasteiger partial charge in [0.05, 0.1) is 0 Å². The van der Waals surface area contributed by atoms with Crippen molar-refractivity contribution in [2.45, 2.75) is 46.5 Å². The summed E-state index contributed by atoms with van der Waals surface area (Å²) in [5, 5.41) is 0. The Hall–Kier alpha value is -0.440. The van der Waals surface area contributed by atoms with Gasteiger partial charge in [-0.2, -0.15) is 0 Å². The van der Waals surface area contributed by atoms with E-state index in [2.05, 4.69) is 32.6 Å². The summed E-state index contributed by atoms with van der Waals surface area (Å²) < 4.78 is 0. The van der Waals surface area contributed by atoms with Crippen LogP contribution in [0.1, 0.15) is 46.5 Å². The third-order valence-corrected chi connectivity index (χ3v) is 2.01. The predicted molar refractivity (Wildman–Crippen MR) is 51.1 cm³/mol. The molecular weight excluding hydrogens is 132 g/mol. The van der Waals surface area contributed by atoms with Crippen molar-refractivity contribution in [2.24, 2.45) is 5.41 Å². The van der Waals surface area contributed by atoms with Crippen molar-refractivity contribution < 1.29 is 0 Å². The van der Waals surface area contributed by atoms with Crippen LogP contribution in [-0.4, -0.2) is 0 Å². The average molecular weight is 151 g/mol. The summed E-state index contributed by atoms with van der Waals surface area (Å²) in [5.41, 5.74) is 0.412. The van der Waals surface area contributed by atoms with Crippen LogP contribution in [0.4, 0.5) is 0 Å². The van der Waals surface area contributed by atoms with Gasteiger partial charge >= 0.3 is 0 Å². The Balaban J connectivity index is 3.42. The van der Waals surface area contributed by atoms with Crippen molar-refractivity contribution >= 4 is 0 Å². The molecular formula is C11H19. The smallest absolute Gasteiger partial charge is 0.00887 e. The average Bonchev–Trinajstić information content (AvgIpc) is 1.99. The third kappa shape index (κ3) is 5.98. The minimum atomic E-state index is 0.412. The number of hydrogen-bond donors (Lipinski definition) is 0. The topological polar surface area (TPSA) is 0 Å². The molecule has 63 valence electrons. The van der Waals surface area contributed by atoms with Gasteiger partial charge in [-0.3, -0.25) is 0 Å². The zero-order chi connectivity index (χ0) is 8.74. The van der Waals surface area contributed by atoms with Gasteiger partial charge in [0.15, 0.2) is 0 Å². The monoisotopic (exact) mass is 151 g/mol. The van der Waals surface area contributed by atoms with Gasteiger partial charge in [0.2, 0.25) is 0 Å². The summed E-state index contributed by atoms with van der Waals surface area (Å²) in [4.78, 5) is 0. The molecule has 0 bridgehead atoms. The van der Waals surface area contributed by atoms with Gasteiger partial charge in [0.25, 0.3) is 0 Å². The van der Waals surface area contributed by atoms with Crippen LogP contribution in [0.25, 0.3) is 0 Å². The van der Waals surface area contributed by atoms with Crippen LogP contribution < -0.4 is 0 Å². The zero-order valence-corrected chi connectivity index (χ0v) is 8.04. The molecule has 0 nitrogen and oxygen atoms in total. The van der Waals surface area contributed by atoms with Crippen LogP contribution in [0.15, 0.2) is 0 Å². The molecule has 1 radical (unpaired) electrons. The van der Waals surface area contributed by atoms with E-state index in [9.17, 15) is 0 Å². The summed E-state index contributed by atoms with van der Waals surface area (Å²) in [5.74, 6) is 5.98. The fourth-order valence-electron chi connectivity index (χ4n) is 0.905. The molecule has 0 spiro atoms. The summed E-state index contributed by atoms with van der Waals surface area (Å²) in [6.07, 6.45) is 4.51. The van der Waals surface area contributed by atoms with Gasteiger partial charge < -0.3 is 0 Å². The molecule has 0 rings (SSSR count). The normalized spacial score (nSPS) is 10.5. The van der Waals surface area contributed by atoms with Crippen LogP contribution in [0.3, 0.4) is 0 Å². The molecule has 0 heterocycles. The van der Waals surface area contributed by atoms with Crippen molar-refractivity contribution in [3.63, 3.8) is 0 Å². The van der Waals surface area contributed by atoms with Crippen LogP contribution in [0.2, 0.25) is 0 Å². The Morgan fingerprint density at radius 1 is 1.36 bits per heavy atom. The van der Waals surface area contributed by atoms with Gasteiger partial charge in [-0.15, -0.1) is 11.8 Å². The molecule has 0 saturated heterocycles. The Labute approximate surface area is 71.4 Å². The molecule has 0 aliphatic heterocycles. The molecule has 0 N–H and O–H groups in total. The van der Waals surface area contributed by atoms with Crippen LogP contribution in [-0.2, 0) is 0 Å². The maximum Gasteiger partial charge on any atom is 0.00887 e. The van der Waals surface area contributed by atoms with E-state index >= 15 is 0 Å². The van der Waals surface area contributed by atoms with Crippen molar-refractivity contribution in [1.82, 2.24) is 0 Å². The Bertz CT molecular complexity index is 143. The summed E-state index contributed by atoms with van der Waals surface area (Å²) in [6, 6.07) is 0. The largest absolute Gasteiger partial charge is 0.107 e. The lowest BCUT2D eigenvalue weighted by Crippen LogP contribution is -2.08. The SMILES string of the molecule is [CH2]CC(C)(C)CCCC#CC. The molecule has 0 fully saturated rings. The highest BCUT2D eigenvalue weighted by Crippen LogP contribution is 2.26. The first-order chi connectivity index (χ1) is 5.12. The van der Waals surface area contributed by atoms with E-state index in [4.69, 9.17) is 0 Å². The first-order valence-electron chi connectivity index (χ1n) is 4.31. The quantitative estimate of drug-likeness (QED) is 0.426. The molecule has 0 aromatic heterocycles. The number of hydrogen-bond acceptors (Lipinski definition) is 0. The van der Waals surface area contributed by atoms with Crippen LogP contribution in [0, 0.1) is 24.2 Å². The van der Waals surface area contributed by atoms with Crippen molar-refractivity contribution in [3.8, 4) is 11.8 Å². The second-order valence-electron chi connectivity index (χ2n) is 3.69. The van der Waals surface area contributed by atoms with Crippen molar-refractivity contribution in [1.29, 1.82) is 0 Å². The zero-order valence-electron chi connectivity index (χ0n) is 8.04. The third-order valence-electron chi connectivity index (χ3n) is 2.01. The van der Waals surface area contributed by atoms with Gasteiger partial charge in [0, 0.05) is 6.42 Å². The fourth-order valence-corrected chi connectivity index (χ4v) is 0.905. The minimum Gasteiger partial charge on any atom is -0.107 e. The van der Waals surface area contributed by atoms with Gasteiger partial charge in [0.1, 0.15) is 0 Å². The summed E-state index contributed by atoms with van der Waals surface area (Å²) >= 11 is 0. The molecule has 0 aromatic rings. The van der Waals surface area contributed by atoms with Gasteiger partial charge in [-0.05, 0) is 31.6 Å². The first-order valence-corrected chi connectivity index (χ1v) is 4.31. The number of unbranched alkanes of at least 4 members (excludes halogenated alkanes) is 1. The van der Waals surface area contributed by atoms with E-state index in [0.717, 1.165) is 12.8 Å². The highest BCUT2D eigenvalue weighted by atomic mass is 14.2. The van der Waals surface area contributed by atoms with E-state index in [0.29, 0.717) is 5.41 Å². The molecule has 0 saturated carbocycles. The Morgan fingerprint density at radius 2 is 2.00 bits per heavy atom. The maximum atomic E-state index is 3.92. The molecule has 0 aromatic carbocycles. The second kappa shape index (κ2) is 5.24. The molecule has 0 aliphatic carbocycles. The lowest BCUT2D eigenvalue weighted by molar-refractivity contribution is 0.330. The second-order valence-corrected chi connectivity index (χ2v) is 3.69. The lowest BCUT2D eigenvalue weighted by atomic mass is 9.85. The Morgan fingerprint density at radius 3 is 2.45 bits per heavy atom. The summed E-state index contributed by atoms with van der Waals surface area (Å²) in [7, 11) is 0. The van der Waals surface area contributed by atoms with Gasteiger partial charge in [-0.1, -0.05) is 20.8 Å². The standard InChI is InChI=1S/C11H19/c1-5-7-8-9-10-11(3,4)6-2/h2,6,8-10H2,1,3-4H3. The molecule has 0 heteroatoms. The number of rotatable bonds is 4. The molecule has 0 atom stereocenters. The highest BCUT2D eigenvalue weighted by molar-refractivity contribution is 4.94. The molecule has 0 amide bonds. The minimum absolute atomic E-state index is 0.412. The van der Waals surface area contributed by atoms with Gasteiger partial charge in [-0.25, -0.2) is 0 Å². The van der Waals surface area contributed by atoms with E-state index in [1.807, 2.05) is 6.92 Å². The molecule has 0 unspecified atom stereocenters. The Kier molecular flexibility index (Phi) is 5.03. The van der Waals surface area contributed by atoms with E-state index < -0.39 is 0 Å². The highest BCUT2D eigenvalue weighted by Gasteiger charge is 2.13. The first kappa shape index (κ1) is 10.6. The molecule has 11 heavy (non-hydrogen) atoms. The predicted octanol–water partition coefficient (Wildman–Crippen LogP) is 3.43. The summed E-state index contributed by atoms with van der Waals surface area (Å²) in [6.45, 7) is 10.3. The van der Waals surface area contributed by atoms with Crippen molar-refractivity contribution in [2.75, 3.05) is 0 Å². The van der Waals surface area contributed by atoms with E-state index in [-0.39, 0.29) is 0 Å². The van der Waals surface area contributed by atoms with Crippen LogP contribution in [0.5, 0.6) is 0 Å². The fraction of sp³-hybridized carbons (Fsp3) is 0.727. The molecule has 0 aliphatic rings. The lowest BCUT2D eigenvalue weighted by Gasteiger charge is -2.21. The van der Waals surface area contributed by atoms with E-state index in [1.165, 1.54) is 12.8 Å². The van der Waals surface area contributed by atoms with E-state index in [1.54, 1.807) is 0 Å². The van der Waals surface area contributed by atoms with Crippen LogP contribution >= 0.6 is 0 Å². The van der Waals surface area contributed by atoms with Crippen molar-refractivity contribution in [3.05, 3.63) is 6.92 Å². The maximum absolute atomic E-state index is 3.92.